The molecule has 5 heteroatoms. The molecule has 0 aliphatic rings. The van der Waals surface area contributed by atoms with Gasteiger partial charge in [-0.1, -0.05) is 161 Å². The quantitative estimate of drug-likeness (QED) is 0.0588. The molecule has 5 aromatic carbocycles. The number of ether oxygens (including phenoxy) is 1. The van der Waals surface area contributed by atoms with Gasteiger partial charge in [-0.2, -0.15) is 0 Å². The number of benzene rings is 5. The van der Waals surface area contributed by atoms with Crippen LogP contribution in [0.1, 0.15) is 90.9 Å². The number of hydrogen-bond acceptors (Lipinski definition) is 2. The molecule has 6 rings (SSSR count). The molecule has 0 fully saturated rings. The van der Waals surface area contributed by atoms with E-state index in [1.165, 1.54) is 115 Å². The van der Waals surface area contributed by atoms with Crippen LogP contribution in [0.3, 0.4) is 0 Å². The molecular weight excluding hydrogens is 639 g/mol. The fraction of sp³-hybridized carbons (Fsp3) is 0.405. The van der Waals surface area contributed by atoms with Crippen LogP contribution in [-0.2, 0) is 0 Å². The van der Waals surface area contributed by atoms with Crippen LogP contribution in [0.4, 0.5) is 0 Å². The van der Waals surface area contributed by atoms with Crippen LogP contribution < -0.4 is 10.2 Å². The molecule has 0 aliphatic heterocycles. The molecule has 244 valence electrons. The Morgan fingerprint density at radius 3 is 2.21 bits per heavy atom. The second kappa shape index (κ2) is 16.2. The van der Waals surface area contributed by atoms with Crippen LogP contribution in [0.25, 0.3) is 54.7 Å². The molecule has 1 atom stereocenters. The lowest BCUT2D eigenvalue weighted by molar-refractivity contribution is 0.225. The van der Waals surface area contributed by atoms with Gasteiger partial charge in [-0.05, 0) is 58.5 Å². The molecule has 0 saturated carbocycles. The first-order chi connectivity index (χ1) is 23.1. The zero-order valence-corrected chi connectivity index (χ0v) is 30.2. The fourth-order valence-electron chi connectivity index (χ4n) is 7.29. The Labute approximate surface area is 290 Å². The van der Waals surface area contributed by atoms with Crippen molar-refractivity contribution in [2.45, 2.75) is 97.7 Å². The molecule has 1 aromatic heterocycles. The number of unbranched alkanes of at least 4 members (excludes halogenated alkanes) is 8. The van der Waals surface area contributed by atoms with Gasteiger partial charge >= 0.3 is 0 Å². The predicted molar refractivity (Wildman–Crippen MR) is 210 cm³/mol. The summed E-state index contributed by atoms with van der Waals surface area (Å²) in [6.07, 6.45) is 15.7. The van der Waals surface area contributed by atoms with E-state index in [1.54, 1.807) is 0 Å². The molecule has 6 aromatic rings. The van der Waals surface area contributed by atoms with Gasteiger partial charge in [0.25, 0.3) is 0 Å². The number of nitrogens with zero attached hydrogens (tertiary/aromatic N) is 1. The third-order valence-electron chi connectivity index (χ3n) is 10.0. The van der Waals surface area contributed by atoms with Crippen molar-refractivity contribution in [3.8, 4) is 17.1 Å². The molecule has 0 aliphatic carbocycles. The first-order valence-corrected chi connectivity index (χ1v) is 19.1. The van der Waals surface area contributed by atoms with Crippen molar-refractivity contribution in [3.63, 3.8) is 0 Å². The molecule has 47 heavy (non-hydrogen) atoms. The number of rotatable bonds is 17. The number of imidazole rings is 1. The number of hydrogen-bond donors (Lipinski definition) is 1. The largest absolute Gasteiger partial charge is 0.493 e. The average Bonchev–Trinajstić information content (AvgIpc) is 3.55. The van der Waals surface area contributed by atoms with Gasteiger partial charge < -0.3 is 9.72 Å². The minimum absolute atomic E-state index is 0.575. The summed E-state index contributed by atoms with van der Waals surface area (Å²) in [5.41, 5.74) is 4.48. The maximum Gasteiger partial charge on any atom is 0.154 e. The lowest BCUT2D eigenvalue weighted by Gasteiger charge is -2.20. The Hall–Kier alpha value is -3.31. The zero-order valence-electron chi connectivity index (χ0n) is 28.6. The van der Waals surface area contributed by atoms with Gasteiger partial charge in [-0.25, -0.2) is 4.98 Å². The molecule has 0 radical (unpaired) electrons. The van der Waals surface area contributed by atoms with Crippen LogP contribution in [0.2, 0.25) is 6.82 Å². The maximum atomic E-state index is 6.87. The summed E-state index contributed by atoms with van der Waals surface area (Å²) in [6.45, 7) is 7.56. The van der Waals surface area contributed by atoms with E-state index in [0.29, 0.717) is 5.92 Å². The van der Waals surface area contributed by atoms with Gasteiger partial charge in [0.15, 0.2) is 7.28 Å². The number of nitrogens with one attached hydrogen (secondary N) is 1. The molecule has 1 N–H and O–H groups in total. The van der Waals surface area contributed by atoms with E-state index >= 15 is 0 Å². The standard InChI is InChI=1S/C42H50BBrN2O/c1-4-6-8-10-11-13-17-29(16-12-9-7-5-2)28-47-38-25-20-30-18-14-15-19-33(30)39(38)42-45-40-36-26-31(43-3)21-23-34(36)35-24-22-32(44)27-37(35)41(40)46-42/h14-15,18-27,29,43H,4-13,16-17,28H2,1-3H3,(H,45,46). The summed E-state index contributed by atoms with van der Waals surface area (Å²) in [4.78, 5) is 9.24. The van der Waals surface area contributed by atoms with Crippen molar-refractivity contribution in [3.05, 3.63) is 77.3 Å². The van der Waals surface area contributed by atoms with Crippen LogP contribution in [-0.4, -0.2) is 23.9 Å². The summed E-state index contributed by atoms with van der Waals surface area (Å²) in [7, 11) is 0.993. The van der Waals surface area contributed by atoms with Crippen molar-refractivity contribution < 1.29 is 4.74 Å². The highest BCUT2D eigenvalue weighted by Gasteiger charge is 2.20. The lowest BCUT2D eigenvalue weighted by atomic mass is 9.72. The Morgan fingerprint density at radius 1 is 0.723 bits per heavy atom. The average molecular weight is 690 g/mol. The van der Waals surface area contributed by atoms with Crippen molar-refractivity contribution in [1.82, 2.24) is 9.97 Å². The van der Waals surface area contributed by atoms with Gasteiger partial charge in [-0.3, -0.25) is 0 Å². The Morgan fingerprint density at radius 2 is 1.43 bits per heavy atom. The van der Waals surface area contributed by atoms with Crippen LogP contribution in [0, 0.1) is 5.92 Å². The van der Waals surface area contributed by atoms with Crippen LogP contribution >= 0.6 is 15.9 Å². The van der Waals surface area contributed by atoms with Crippen molar-refractivity contribution in [2.24, 2.45) is 5.92 Å². The highest BCUT2D eigenvalue weighted by molar-refractivity contribution is 9.10. The second-order valence-corrected chi connectivity index (χ2v) is 14.4. The first kappa shape index (κ1) is 33.6. The number of H-pyrrole nitrogens is 1. The Kier molecular flexibility index (Phi) is 11.6. The Bertz CT molecular complexity index is 1950. The first-order valence-electron chi connectivity index (χ1n) is 18.3. The molecule has 0 amide bonds. The van der Waals surface area contributed by atoms with Crippen molar-refractivity contribution in [1.29, 1.82) is 0 Å². The molecule has 3 nitrogen and oxygen atoms in total. The minimum atomic E-state index is 0.575. The summed E-state index contributed by atoms with van der Waals surface area (Å²) >= 11 is 3.74. The van der Waals surface area contributed by atoms with E-state index in [-0.39, 0.29) is 0 Å². The molecule has 1 unspecified atom stereocenters. The summed E-state index contributed by atoms with van der Waals surface area (Å²) in [5.74, 6) is 2.37. The summed E-state index contributed by atoms with van der Waals surface area (Å²) in [6, 6.07) is 26.5. The molecular formula is C42H50BBrN2O. The highest BCUT2D eigenvalue weighted by atomic mass is 79.9. The van der Waals surface area contributed by atoms with E-state index < -0.39 is 0 Å². The Balaban J connectivity index is 1.39. The van der Waals surface area contributed by atoms with E-state index in [0.717, 1.165) is 46.5 Å². The summed E-state index contributed by atoms with van der Waals surface area (Å²) in [5, 5.41) is 7.23. The number of aromatic nitrogens is 2. The van der Waals surface area contributed by atoms with Gasteiger partial charge in [0.1, 0.15) is 11.6 Å². The van der Waals surface area contributed by atoms with Crippen molar-refractivity contribution >= 4 is 72.0 Å². The minimum Gasteiger partial charge on any atom is -0.493 e. The van der Waals surface area contributed by atoms with E-state index in [2.05, 4.69) is 114 Å². The topological polar surface area (TPSA) is 37.9 Å². The monoisotopic (exact) mass is 688 g/mol. The SMILES string of the molecule is CBc1ccc2c3ccc(Br)cc3c3[nH]c(-c4c(OCC(CCCCCC)CCCCCCCC)ccc5ccccc45)nc3c2c1. The van der Waals surface area contributed by atoms with Crippen LogP contribution in [0.5, 0.6) is 5.75 Å². The normalized spacial score (nSPS) is 12.4. The number of aromatic amines is 1. The van der Waals surface area contributed by atoms with Gasteiger partial charge in [0, 0.05) is 15.2 Å². The molecule has 1 heterocycles. The second-order valence-electron chi connectivity index (χ2n) is 13.5. The molecule has 0 spiro atoms. The third-order valence-corrected chi connectivity index (χ3v) is 10.5. The third kappa shape index (κ3) is 7.72. The predicted octanol–water partition coefficient (Wildman–Crippen LogP) is 12.3. The van der Waals surface area contributed by atoms with Crippen LogP contribution in [0.15, 0.2) is 77.3 Å². The lowest BCUT2D eigenvalue weighted by Crippen LogP contribution is -2.13. The van der Waals surface area contributed by atoms with E-state index in [1.807, 2.05) is 0 Å². The summed E-state index contributed by atoms with van der Waals surface area (Å²) < 4.78 is 7.94. The highest BCUT2D eigenvalue weighted by Crippen LogP contribution is 2.41. The van der Waals surface area contributed by atoms with Gasteiger partial charge in [0.05, 0.1) is 23.2 Å². The fourth-order valence-corrected chi connectivity index (χ4v) is 7.65. The smallest absolute Gasteiger partial charge is 0.154 e. The van der Waals surface area contributed by atoms with Gasteiger partial charge in [0.2, 0.25) is 0 Å². The molecule has 0 bridgehead atoms. The number of fused-ring (bicyclic) bond motifs is 7. The van der Waals surface area contributed by atoms with Crippen molar-refractivity contribution in [2.75, 3.05) is 6.61 Å². The number of halogens is 1. The molecule has 0 saturated heterocycles. The van der Waals surface area contributed by atoms with E-state index in [4.69, 9.17) is 9.72 Å². The van der Waals surface area contributed by atoms with E-state index in [9.17, 15) is 0 Å². The maximum absolute atomic E-state index is 6.87. The zero-order chi connectivity index (χ0) is 32.6. The van der Waals surface area contributed by atoms with Gasteiger partial charge in [-0.15, -0.1) is 0 Å².